The van der Waals surface area contributed by atoms with Gasteiger partial charge in [-0.05, 0) is 23.3 Å². The van der Waals surface area contributed by atoms with E-state index in [9.17, 15) is 8.42 Å². The van der Waals surface area contributed by atoms with Crippen molar-refractivity contribution in [3.8, 4) is 0 Å². The van der Waals surface area contributed by atoms with Crippen LogP contribution < -0.4 is 0 Å². The van der Waals surface area contributed by atoms with E-state index in [1.807, 2.05) is 12.1 Å². The number of benzene rings is 1. The highest BCUT2D eigenvalue weighted by molar-refractivity contribution is 7.94. The fourth-order valence-corrected chi connectivity index (χ4v) is 4.18. The van der Waals surface area contributed by atoms with Crippen molar-refractivity contribution in [1.29, 1.82) is 0 Å². The van der Waals surface area contributed by atoms with E-state index in [1.54, 1.807) is 12.1 Å². The maximum atomic E-state index is 11.9. The van der Waals surface area contributed by atoms with E-state index < -0.39 is 9.84 Å². The Balaban J connectivity index is 1.71. The van der Waals surface area contributed by atoms with Crippen LogP contribution in [0.5, 0.6) is 0 Å². The topological polar surface area (TPSA) is 60.9 Å². The minimum atomic E-state index is -3.22. The lowest BCUT2D eigenvalue weighted by Gasteiger charge is -2.34. The number of sulfone groups is 1. The molecule has 1 N–H and O–H groups in total. The second-order valence-electron chi connectivity index (χ2n) is 5.52. The first-order valence-electron chi connectivity index (χ1n) is 7.21. The molecule has 1 fully saturated rings. The predicted molar refractivity (Wildman–Crippen MR) is 81.5 cm³/mol. The molecule has 114 valence electrons. The van der Waals surface area contributed by atoms with Gasteiger partial charge in [0.05, 0.1) is 11.5 Å². The summed E-state index contributed by atoms with van der Waals surface area (Å²) in [5.41, 5.74) is 1.91. The van der Waals surface area contributed by atoms with Crippen LogP contribution in [0.1, 0.15) is 11.1 Å². The number of aliphatic hydroxyl groups excluding tert-OH is 1. The molecule has 21 heavy (non-hydrogen) atoms. The van der Waals surface area contributed by atoms with Gasteiger partial charge < -0.3 is 5.11 Å². The van der Waals surface area contributed by atoms with Crippen molar-refractivity contribution in [1.82, 2.24) is 9.80 Å². The lowest BCUT2D eigenvalue weighted by molar-refractivity contribution is 0.108. The first kappa shape index (κ1) is 14.7. The Morgan fingerprint density at radius 3 is 2.52 bits per heavy atom. The van der Waals surface area contributed by atoms with Gasteiger partial charge in [-0.15, -0.1) is 0 Å². The Bertz CT molecular complexity index is 647. The number of rotatable bonds is 4. The van der Waals surface area contributed by atoms with Crippen LogP contribution in [0.3, 0.4) is 0 Å². The zero-order chi connectivity index (χ0) is 14.9. The van der Waals surface area contributed by atoms with Crippen LogP contribution >= 0.6 is 0 Å². The van der Waals surface area contributed by atoms with Crippen LogP contribution in [-0.4, -0.2) is 62.7 Å². The van der Waals surface area contributed by atoms with Crippen molar-refractivity contribution < 1.29 is 13.5 Å². The van der Waals surface area contributed by atoms with Crippen molar-refractivity contribution in [3.05, 3.63) is 34.7 Å². The second kappa shape index (κ2) is 5.88. The number of hydrogen-bond donors (Lipinski definition) is 1. The third kappa shape index (κ3) is 3.03. The molecule has 0 aliphatic carbocycles. The Kier molecular flexibility index (Phi) is 4.12. The average Bonchev–Trinajstić information content (AvgIpc) is 2.78. The van der Waals surface area contributed by atoms with Gasteiger partial charge in [0.15, 0.2) is 9.84 Å². The van der Waals surface area contributed by atoms with Gasteiger partial charge in [0.25, 0.3) is 0 Å². The smallest absolute Gasteiger partial charge is 0.200 e. The van der Waals surface area contributed by atoms with Gasteiger partial charge in [0, 0.05) is 44.7 Å². The van der Waals surface area contributed by atoms with Crippen LogP contribution in [0.15, 0.2) is 28.5 Å². The van der Waals surface area contributed by atoms with Crippen LogP contribution in [0.4, 0.5) is 0 Å². The normalized spacial score (nSPS) is 21.6. The maximum absolute atomic E-state index is 11.9. The second-order valence-corrected chi connectivity index (χ2v) is 7.32. The molecule has 0 aromatic heterocycles. The SMILES string of the molecule is O=S1(=O)C=Cc2c(CN3CCN(CCO)CC3)cccc21. The maximum Gasteiger partial charge on any atom is 0.200 e. The minimum absolute atomic E-state index is 0.203. The third-order valence-electron chi connectivity index (χ3n) is 4.15. The molecule has 0 spiro atoms. The number of aliphatic hydroxyl groups is 1. The first-order valence-corrected chi connectivity index (χ1v) is 8.75. The fraction of sp³-hybridized carbons (Fsp3) is 0.467. The van der Waals surface area contributed by atoms with E-state index in [2.05, 4.69) is 9.80 Å². The van der Waals surface area contributed by atoms with Gasteiger partial charge in [-0.1, -0.05) is 12.1 Å². The van der Waals surface area contributed by atoms with Gasteiger partial charge in [-0.2, -0.15) is 0 Å². The summed E-state index contributed by atoms with van der Waals surface area (Å²) in [4.78, 5) is 5.01. The Labute approximate surface area is 125 Å². The number of piperazine rings is 1. The molecule has 0 bridgehead atoms. The van der Waals surface area contributed by atoms with E-state index in [1.165, 1.54) is 5.41 Å². The molecule has 0 unspecified atom stereocenters. The molecule has 5 nitrogen and oxygen atoms in total. The van der Waals surface area contributed by atoms with Crippen LogP contribution in [0.25, 0.3) is 6.08 Å². The zero-order valence-electron chi connectivity index (χ0n) is 11.9. The van der Waals surface area contributed by atoms with E-state index in [4.69, 9.17) is 5.11 Å². The Morgan fingerprint density at radius 1 is 1.10 bits per heavy atom. The van der Waals surface area contributed by atoms with Crippen LogP contribution in [0, 0.1) is 0 Å². The summed E-state index contributed by atoms with van der Waals surface area (Å²) >= 11 is 0. The summed E-state index contributed by atoms with van der Waals surface area (Å²) in [7, 11) is -3.22. The highest BCUT2D eigenvalue weighted by Crippen LogP contribution is 2.30. The monoisotopic (exact) mass is 308 g/mol. The largest absolute Gasteiger partial charge is 0.395 e. The van der Waals surface area contributed by atoms with Gasteiger partial charge in [-0.25, -0.2) is 8.42 Å². The number of fused-ring (bicyclic) bond motifs is 1. The quantitative estimate of drug-likeness (QED) is 0.880. The van der Waals surface area contributed by atoms with Crippen molar-refractivity contribution in [2.75, 3.05) is 39.3 Å². The average molecular weight is 308 g/mol. The van der Waals surface area contributed by atoms with Gasteiger partial charge in [-0.3, -0.25) is 9.80 Å². The standard InChI is InChI=1S/C15H20N2O3S/c18-10-9-16-5-7-17(8-6-16)12-13-2-1-3-15-14(13)4-11-21(15,19)20/h1-4,11,18H,5-10,12H2. The fourth-order valence-electron chi connectivity index (χ4n) is 2.95. The predicted octanol–water partition coefficient (Wildman–Crippen LogP) is 0.554. The van der Waals surface area contributed by atoms with E-state index >= 15 is 0 Å². The van der Waals surface area contributed by atoms with E-state index in [-0.39, 0.29) is 6.61 Å². The molecule has 1 aromatic carbocycles. The molecule has 2 aliphatic heterocycles. The Hall–Kier alpha value is -1.21. The number of β-amino-alcohol motifs (C(OH)–C–C–N with tert-alkyl or cyclic N) is 1. The van der Waals surface area contributed by atoms with Crippen LogP contribution in [-0.2, 0) is 16.4 Å². The molecule has 3 rings (SSSR count). The number of hydrogen-bond acceptors (Lipinski definition) is 5. The minimum Gasteiger partial charge on any atom is -0.395 e. The summed E-state index contributed by atoms with van der Waals surface area (Å²) in [6.45, 7) is 5.49. The van der Waals surface area contributed by atoms with Gasteiger partial charge in [0.2, 0.25) is 0 Å². The molecule has 0 atom stereocenters. The summed E-state index contributed by atoms with van der Waals surface area (Å²) in [6.07, 6.45) is 1.71. The first-order chi connectivity index (χ1) is 10.1. The number of nitrogens with zero attached hydrogens (tertiary/aromatic N) is 2. The highest BCUT2D eigenvalue weighted by atomic mass is 32.2. The van der Waals surface area contributed by atoms with Crippen molar-refractivity contribution >= 4 is 15.9 Å². The van der Waals surface area contributed by atoms with E-state index in [0.717, 1.165) is 50.4 Å². The molecule has 6 heteroatoms. The van der Waals surface area contributed by atoms with Gasteiger partial charge >= 0.3 is 0 Å². The molecule has 1 saturated heterocycles. The zero-order valence-corrected chi connectivity index (χ0v) is 12.7. The lowest BCUT2D eigenvalue weighted by Crippen LogP contribution is -2.46. The molecule has 1 aromatic rings. The molecule has 2 heterocycles. The molecule has 2 aliphatic rings. The summed E-state index contributed by atoms with van der Waals surface area (Å²) in [6, 6.07) is 5.50. The summed E-state index contributed by atoms with van der Waals surface area (Å²) < 4.78 is 23.8. The van der Waals surface area contributed by atoms with Crippen LogP contribution in [0.2, 0.25) is 0 Å². The van der Waals surface area contributed by atoms with Crippen molar-refractivity contribution in [2.45, 2.75) is 11.4 Å². The molecule has 0 amide bonds. The highest BCUT2D eigenvalue weighted by Gasteiger charge is 2.24. The lowest BCUT2D eigenvalue weighted by atomic mass is 10.1. The molecular weight excluding hydrogens is 288 g/mol. The summed E-state index contributed by atoms with van der Waals surface area (Å²) in [5.74, 6) is 0. The Morgan fingerprint density at radius 2 is 1.81 bits per heavy atom. The summed E-state index contributed by atoms with van der Waals surface area (Å²) in [5, 5.41) is 10.2. The molecular formula is C15H20N2O3S. The molecule has 0 radical (unpaired) electrons. The third-order valence-corrected chi connectivity index (χ3v) is 5.62. The van der Waals surface area contributed by atoms with Crippen molar-refractivity contribution in [3.63, 3.8) is 0 Å². The molecule has 0 saturated carbocycles. The van der Waals surface area contributed by atoms with E-state index in [0.29, 0.717) is 4.90 Å². The van der Waals surface area contributed by atoms with Gasteiger partial charge in [0.1, 0.15) is 0 Å². The van der Waals surface area contributed by atoms with Crippen molar-refractivity contribution in [2.24, 2.45) is 0 Å².